The van der Waals surface area contributed by atoms with Gasteiger partial charge < -0.3 is 25.1 Å². The number of esters is 1. The molecule has 0 radical (unpaired) electrons. The minimum atomic E-state index is -0.668. The average Bonchev–Trinajstić information content (AvgIpc) is 3.16. The number of ether oxygens (including phenoxy) is 2. The molecule has 3 N–H and O–H groups in total. The molecule has 2 aromatic carbocycles. The van der Waals surface area contributed by atoms with Gasteiger partial charge in [-0.25, -0.2) is 9.59 Å². The Morgan fingerprint density at radius 3 is 2.50 bits per heavy atom. The van der Waals surface area contributed by atoms with Gasteiger partial charge in [0.25, 0.3) is 0 Å². The highest BCUT2D eigenvalue weighted by Crippen LogP contribution is 2.35. The van der Waals surface area contributed by atoms with Gasteiger partial charge in [-0.2, -0.15) is 0 Å². The number of rotatable bonds is 5. The van der Waals surface area contributed by atoms with Gasteiger partial charge in [-0.3, -0.25) is 0 Å². The third-order valence-electron chi connectivity index (χ3n) is 4.95. The zero-order chi connectivity index (χ0) is 21.3. The molecule has 1 atom stereocenters. The van der Waals surface area contributed by atoms with Crippen LogP contribution in [0.5, 0.6) is 5.75 Å². The summed E-state index contributed by atoms with van der Waals surface area (Å²) in [5.41, 5.74) is 3.16. The number of carbonyl (C=O) groups excluding carboxylic acids is 2. The van der Waals surface area contributed by atoms with Crippen LogP contribution in [0.4, 0.5) is 4.79 Å². The maximum absolute atomic E-state index is 13.2. The summed E-state index contributed by atoms with van der Waals surface area (Å²) in [4.78, 5) is 28.9. The van der Waals surface area contributed by atoms with Gasteiger partial charge in [0.05, 0.1) is 30.5 Å². The van der Waals surface area contributed by atoms with E-state index in [-0.39, 0.29) is 6.10 Å². The van der Waals surface area contributed by atoms with Crippen molar-refractivity contribution in [1.82, 2.24) is 15.6 Å². The van der Waals surface area contributed by atoms with Crippen LogP contribution in [0.15, 0.2) is 60.3 Å². The number of nitrogens with one attached hydrogen (secondary N) is 3. The Morgan fingerprint density at radius 2 is 1.80 bits per heavy atom. The van der Waals surface area contributed by atoms with E-state index in [1.54, 1.807) is 45.2 Å². The Bertz CT molecular complexity index is 1130. The fourth-order valence-electron chi connectivity index (χ4n) is 3.61. The van der Waals surface area contributed by atoms with E-state index >= 15 is 0 Å². The Morgan fingerprint density at radius 1 is 1.07 bits per heavy atom. The number of benzene rings is 2. The topological polar surface area (TPSA) is 92.5 Å². The number of amides is 2. The number of aromatic nitrogens is 1. The standard InChI is InChI=1S/C23H23N3O4/c1-13(2)30-22(27)19-20(14-8-10-15(29-3)11-9-14)25-23(28)26-21(19)17-12-24-18-7-5-4-6-16(17)18/h4-13,21,24H,1-3H3,(H2,25,26,28). The molecule has 1 aromatic heterocycles. The van der Waals surface area contributed by atoms with Crippen LogP contribution in [-0.4, -0.2) is 30.2 Å². The van der Waals surface area contributed by atoms with E-state index in [1.807, 2.05) is 30.5 Å². The Balaban J connectivity index is 1.90. The van der Waals surface area contributed by atoms with Crippen molar-refractivity contribution in [3.8, 4) is 5.75 Å². The first-order valence-electron chi connectivity index (χ1n) is 9.71. The molecule has 1 aliphatic heterocycles. The number of carbonyl (C=O) groups is 2. The summed E-state index contributed by atoms with van der Waals surface area (Å²) in [6.45, 7) is 3.59. The third-order valence-corrected chi connectivity index (χ3v) is 4.95. The highest BCUT2D eigenvalue weighted by Gasteiger charge is 2.36. The maximum Gasteiger partial charge on any atom is 0.338 e. The van der Waals surface area contributed by atoms with Crippen LogP contribution in [0.1, 0.15) is 31.0 Å². The largest absolute Gasteiger partial charge is 0.497 e. The van der Waals surface area contributed by atoms with Gasteiger partial charge in [-0.05, 0) is 49.7 Å². The molecule has 0 spiro atoms. The number of H-pyrrole nitrogens is 1. The molecule has 2 amide bonds. The zero-order valence-electron chi connectivity index (χ0n) is 17.0. The Labute approximate surface area is 174 Å². The van der Waals surface area contributed by atoms with Crippen LogP contribution in [0.2, 0.25) is 0 Å². The summed E-state index contributed by atoms with van der Waals surface area (Å²) >= 11 is 0. The second-order valence-electron chi connectivity index (χ2n) is 7.29. The van der Waals surface area contributed by atoms with E-state index in [0.29, 0.717) is 22.6 Å². The van der Waals surface area contributed by atoms with E-state index in [4.69, 9.17) is 9.47 Å². The van der Waals surface area contributed by atoms with Gasteiger partial charge in [0.2, 0.25) is 0 Å². The van der Waals surface area contributed by atoms with Crippen LogP contribution in [0.3, 0.4) is 0 Å². The molecule has 0 bridgehead atoms. The molecule has 3 aromatic rings. The molecule has 0 saturated carbocycles. The second-order valence-corrected chi connectivity index (χ2v) is 7.29. The number of hydrogen-bond acceptors (Lipinski definition) is 4. The lowest BCUT2D eigenvalue weighted by Crippen LogP contribution is -2.45. The predicted molar refractivity (Wildman–Crippen MR) is 114 cm³/mol. The van der Waals surface area contributed by atoms with Crippen molar-refractivity contribution >= 4 is 28.6 Å². The molecular weight excluding hydrogens is 382 g/mol. The highest BCUT2D eigenvalue weighted by atomic mass is 16.5. The summed E-state index contributed by atoms with van der Waals surface area (Å²) in [6.07, 6.45) is 1.51. The molecule has 30 heavy (non-hydrogen) atoms. The zero-order valence-corrected chi connectivity index (χ0v) is 17.0. The number of para-hydroxylation sites is 1. The summed E-state index contributed by atoms with van der Waals surface area (Å²) in [7, 11) is 1.58. The smallest absolute Gasteiger partial charge is 0.338 e. The maximum atomic E-state index is 13.2. The minimum absolute atomic E-state index is 0.302. The lowest BCUT2D eigenvalue weighted by atomic mass is 9.92. The first-order chi connectivity index (χ1) is 14.5. The van der Waals surface area contributed by atoms with Crippen LogP contribution in [-0.2, 0) is 9.53 Å². The number of hydrogen-bond donors (Lipinski definition) is 3. The Hall–Kier alpha value is -3.74. The van der Waals surface area contributed by atoms with E-state index in [9.17, 15) is 9.59 Å². The molecule has 1 aliphatic rings. The summed E-state index contributed by atoms with van der Waals surface area (Å²) in [5.74, 6) is 0.192. The van der Waals surface area contributed by atoms with Crippen molar-refractivity contribution in [2.45, 2.75) is 26.0 Å². The molecule has 7 nitrogen and oxygen atoms in total. The summed E-state index contributed by atoms with van der Waals surface area (Å²) < 4.78 is 10.8. The first kappa shape index (κ1) is 19.6. The lowest BCUT2D eigenvalue weighted by Gasteiger charge is -2.29. The van der Waals surface area contributed by atoms with Crippen LogP contribution < -0.4 is 15.4 Å². The fourth-order valence-corrected chi connectivity index (χ4v) is 3.61. The summed E-state index contributed by atoms with van der Waals surface area (Å²) in [5, 5.41) is 6.60. The molecular formula is C23H23N3O4. The van der Waals surface area contributed by atoms with Crippen molar-refractivity contribution in [1.29, 1.82) is 0 Å². The quantitative estimate of drug-likeness (QED) is 0.562. The molecule has 0 aliphatic carbocycles. The van der Waals surface area contributed by atoms with Crippen molar-refractivity contribution in [2.24, 2.45) is 0 Å². The first-order valence-corrected chi connectivity index (χ1v) is 9.71. The highest BCUT2D eigenvalue weighted by molar-refractivity contribution is 6.05. The van der Waals surface area contributed by atoms with E-state index in [1.165, 1.54) is 0 Å². The number of urea groups is 1. The van der Waals surface area contributed by atoms with E-state index in [2.05, 4.69) is 15.6 Å². The molecule has 1 unspecified atom stereocenters. The van der Waals surface area contributed by atoms with Crippen LogP contribution >= 0.6 is 0 Å². The molecule has 4 rings (SSSR count). The van der Waals surface area contributed by atoms with Gasteiger partial charge >= 0.3 is 12.0 Å². The second kappa shape index (κ2) is 7.94. The monoisotopic (exact) mass is 405 g/mol. The summed E-state index contributed by atoms with van der Waals surface area (Å²) in [6, 6.07) is 13.8. The van der Waals surface area contributed by atoms with Gasteiger partial charge in [-0.1, -0.05) is 18.2 Å². The van der Waals surface area contributed by atoms with Crippen molar-refractivity contribution in [3.05, 3.63) is 71.4 Å². The normalized spacial score (nSPS) is 16.4. The Kier molecular flexibility index (Phi) is 5.18. The van der Waals surface area contributed by atoms with Crippen molar-refractivity contribution < 1.29 is 19.1 Å². The fraction of sp³-hybridized carbons (Fsp3) is 0.217. The number of methoxy groups -OCH3 is 1. The average molecular weight is 405 g/mol. The van der Waals surface area contributed by atoms with E-state index in [0.717, 1.165) is 16.5 Å². The van der Waals surface area contributed by atoms with Gasteiger partial charge in [0.1, 0.15) is 5.75 Å². The van der Waals surface area contributed by atoms with E-state index < -0.39 is 18.0 Å². The minimum Gasteiger partial charge on any atom is -0.497 e. The molecule has 0 saturated heterocycles. The molecule has 154 valence electrons. The molecule has 2 heterocycles. The lowest BCUT2D eigenvalue weighted by molar-refractivity contribution is -0.143. The van der Waals surface area contributed by atoms with Crippen molar-refractivity contribution in [2.75, 3.05) is 7.11 Å². The van der Waals surface area contributed by atoms with Crippen molar-refractivity contribution in [3.63, 3.8) is 0 Å². The van der Waals surface area contributed by atoms with Gasteiger partial charge in [0.15, 0.2) is 0 Å². The number of fused-ring (bicyclic) bond motifs is 1. The van der Waals surface area contributed by atoms with Gasteiger partial charge in [0, 0.05) is 22.7 Å². The SMILES string of the molecule is COc1ccc(C2=C(C(=O)OC(C)C)C(c3c[nH]c4ccccc34)NC(=O)N2)cc1. The third kappa shape index (κ3) is 3.61. The predicted octanol–water partition coefficient (Wildman–Crippen LogP) is 3.89. The molecule has 7 heteroatoms. The van der Waals surface area contributed by atoms with Crippen LogP contribution in [0, 0.1) is 0 Å². The molecule has 0 fully saturated rings. The van der Waals surface area contributed by atoms with Gasteiger partial charge in [-0.15, -0.1) is 0 Å². The number of aromatic amines is 1. The van der Waals surface area contributed by atoms with Crippen LogP contribution in [0.25, 0.3) is 16.6 Å².